The first-order valence-corrected chi connectivity index (χ1v) is 22.7. The van der Waals surface area contributed by atoms with E-state index >= 15 is 0 Å². The lowest BCUT2D eigenvalue weighted by atomic mass is 9.47. The fourth-order valence-electron chi connectivity index (χ4n) is 11.0. The van der Waals surface area contributed by atoms with Crippen molar-refractivity contribution in [3.63, 3.8) is 0 Å². The van der Waals surface area contributed by atoms with Crippen LogP contribution in [-0.2, 0) is 4.79 Å². The molecule has 1 unspecified atom stereocenters. The zero-order valence-corrected chi connectivity index (χ0v) is 35.5. The lowest BCUT2D eigenvalue weighted by Crippen LogP contribution is -2.50. The van der Waals surface area contributed by atoms with Gasteiger partial charge in [-0.15, -0.1) is 24.8 Å². The van der Waals surface area contributed by atoms with E-state index in [-0.39, 0.29) is 24.8 Å². The van der Waals surface area contributed by atoms with E-state index < -0.39 is 0 Å². The van der Waals surface area contributed by atoms with Crippen molar-refractivity contribution in [1.29, 1.82) is 0 Å². The molecule has 1 amide bonds. The van der Waals surface area contributed by atoms with E-state index in [2.05, 4.69) is 56.4 Å². The molecule has 288 valence electrons. The second kappa shape index (κ2) is 22.6. The molecule has 4 rings (SSSR count). The van der Waals surface area contributed by atoms with E-state index in [1.807, 2.05) is 10.8 Å². The molecule has 3 saturated carbocycles. The Bertz CT molecular complexity index is 984. The number of nitrogens with zero attached hydrogens (tertiary/aromatic N) is 1. The largest absolute Gasteiger partial charge is 0.343 e. The molecule has 4 aliphatic rings. The van der Waals surface area contributed by atoms with Crippen LogP contribution in [0.4, 0.5) is 0 Å². The van der Waals surface area contributed by atoms with Crippen LogP contribution in [0.5, 0.6) is 0 Å². The molecule has 4 aliphatic carbocycles. The maximum absolute atomic E-state index is 13.1. The number of nitrogens with two attached hydrogens (primary N) is 2. The van der Waals surface area contributed by atoms with Crippen LogP contribution >= 0.6 is 46.4 Å². The molecule has 0 aliphatic heterocycles. The first-order chi connectivity index (χ1) is 22.6. The Balaban J connectivity index is 0.00000417. The number of allylic oxidation sites excluding steroid dienone is 2. The molecule has 0 aromatic carbocycles. The van der Waals surface area contributed by atoms with Gasteiger partial charge < -0.3 is 16.4 Å². The fourth-order valence-corrected chi connectivity index (χ4v) is 13.6. The molecule has 0 heterocycles. The highest BCUT2D eigenvalue weighted by Gasteiger charge is 2.59. The zero-order valence-electron chi connectivity index (χ0n) is 32.2. The number of unbranched alkanes of at least 4 members (excludes halogenated alkanes) is 5. The zero-order chi connectivity index (χ0) is 33.9. The Morgan fingerprint density at radius 2 is 1.55 bits per heavy atom. The molecular formula is C41H77Cl2N3OS2. The van der Waals surface area contributed by atoms with Crippen LogP contribution in [0.2, 0.25) is 0 Å². The standard InChI is InChI=1S/C41H75N3OS2.2ClH/c1-31(2)14-12-15-32(3)36-18-19-37-35-17-16-33-30-34(20-23-40(33,4)38(35)21-24-41(36,37)5)47-46-29-22-39(45)44(28-13-26-43)27-11-9-7-6-8-10-25-42;;/h16,31-32,34-38H,6-15,17-30,42-43H2,1-5H3;2*1H/t32?,34-,35-,36+,37-,38-,40-,41+;;/m0../s1. The molecule has 0 aromatic heterocycles. The number of carbonyl (C=O) groups is 1. The second-order valence-corrected chi connectivity index (χ2v) is 20.0. The number of hydrogen-bond acceptors (Lipinski definition) is 5. The molecule has 0 bridgehead atoms. The minimum absolute atomic E-state index is 0. The van der Waals surface area contributed by atoms with E-state index in [1.54, 1.807) is 5.57 Å². The molecule has 3 fully saturated rings. The summed E-state index contributed by atoms with van der Waals surface area (Å²) in [6.45, 7) is 15.9. The van der Waals surface area contributed by atoms with Crippen LogP contribution in [0.1, 0.15) is 157 Å². The van der Waals surface area contributed by atoms with Crippen molar-refractivity contribution < 1.29 is 4.79 Å². The van der Waals surface area contributed by atoms with Gasteiger partial charge in [-0.25, -0.2) is 0 Å². The van der Waals surface area contributed by atoms with Crippen LogP contribution in [0, 0.1) is 46.3 Å². The minimum Gasteiger partial charge on any atom is -0.343 e. The molecule has 0 radical (unpaired) electrons. The number of halogens is 2. The number of hydrogen-bond donors (Lipinski definition) is 2. The predicted octanol–water partition coefficient (Wildman–Crippen LogP) is 11.5. The summed E-state index contributed by atoms with van der Waals surface area (Å²) >= 11 is 0. The second-order valence-electron chi connectivity index (χ2n) is 17.3. The summed E-state index contributed by atoms with van der Waals surface area (Å²) in [5.41, 5.74) is 14.2. The lowest BCUT2D eigenvalue weighted by molar-refractivity contribution is -0.130. The third-order valence-corrected chi connectivity index (χ3v) is 16.6. The average molecular weight is 763 g/mol. The maximum Gasteiger partial charge on any atom is 0.223 e. The van der Waals surface area contributed by atoms with E-state index in [1.165, 1.54) is 96.3 Å². The van der Waals surface area contributed by atoms with Gasteiger partial charge in [-0.1, -0.05) is 113 Å². The molecule has 49 heavy (non-hydrogen) atoms. The molecule has 8 heteroatoms. The Morgan fingerprint density at radius 1 is 0.857 bits per heavy atom. The van der Waals surface area contributed by atoms with Crippen LogP contribution < -0.4 is 11.5 Å². The molecular weight excluding hydrogens is 686 g/mol. The normalized spacial score (nSPS) is 31.1. The highest BCUT2D eigenvalue weighted by Crippen LogP contribution is 2.67. The van der Waals surface area contributed by atoms with Crippen molar-refractivity contribution in [1.82, 2.24) is 4.90 Å². The van der Waals surface area contributed by atoms with Crippen LogP contribution in [0.25, 0.3) is 0 Å². The van der Waals surface area contributed by atoms with Gasteiger partial charge >= 0.3 is 0 Å². The summed E-state index contributed by atoms with van der Waals surface area (Å²) in [6, 6.07) is 0. The molecule has 0 spiro atoms. The van der Waals surface area contributed by atoms with Crippen molar-refractivity contribution in [2.45, 2.75) is 162 Å². The topological polar surface area (TPSA) is 72.3 Å². The highest BCUT2D eigenvalue weighted by molar-refractivity contribution is 8.76. The van der Waals surface area contributed by atoms with Crippen molar-refractivity contribution in [2.75, 3.05) is 31.9 Å². The molecule has 0 saturated heterocycles. The Morgan fingerprint density at radius 3 is 2.27 bits per heavy atom. The molecule has 4 N–H and O–H groups in total. The van der Waals surface area contributed by atoms with Crippen molar-refractivity contribution in [3.8, 4) is 0 Å². The van der Waals surface area contributed by atoms with E-state index in [9.17, 15) is 4.79 Å². The average Bonchev–Trinajstić information content (AvgIpc) is 3.41. The van der Waals surface area contributed by atoms with Crippen molar-refractivity contribution >= 4 is 52.3 Å². The van der Waals surface area contributed by atoms with Crippen LogP contribution in [0.3, 0.4) is 0 Å². The van der Waals surface area contributed by atoms with Crippen LogP contribution in [0.15, 0.2) is 11.6 Å². The number of carbonyl (C=O) groups excluding carboxylic acids is 1. The van der Waals surface area contributed by atoms with E-state index in [0.29, 0.717) is 35.0 Å². The summed E-state index contributed by atoms with van der Waals surface area (Å²) in [7, 11) is 4.04. The van der Waals surface area contributed by atoms with Crippen molar-refractivity contribution in [2.24, 2.45) is 57.8 Å². The smallest absolute Gasteiger partial charge is 0.223 e. The third-order valence-electron chi connectivity index (χ3n) is 13.7. The van der Waals surface area contributed by atoms with Gasteiger partial charge in [0.25, 0.3) is 0 Å². The Labute approximate surface area is 323 Å². The van der Waals surface area contributed by atoms with Gasteiger partial charge in [0.2, 0.25) is 5.91 Å². The van der Waals surface area contributed by atoms with Gasteiger partial charge in [-0.3, -0.25) is 4.79 Å². The predicted molar refractivity (Wildman–Crippen MR) is 223 cm³/mol. The summed E-state index contributed by atoms with van der Waals surface area (Å²) < 4.78 is 0. The summed E-state index contributed by atoms with van der Waals surface area (Å²) in [4.78, 5) is 15.2. The number of rotatable bonds is 21. The van der Waals surface area contributed by atoms with Gasteiger partial charge in [-0.05, 0) is 130 Å². The highest BCUT2D eigenvalue weighted by atomic mass is 35.5. The number of fused-ring (bicyclic) bond motifs is 5. The van der Waals surface area contributed by atoms with Crippen molar-refractivity contribution in [3.05, 3.63) is 11.6 Å². The first kappa shape index (κ1) is 45.6. The molecule has 0 aromatic rings. The molecule has 8 atom stereocenters. The quantitative estimate of drug-likeness (QED) is 0.0692. The fraction of sp³-hybridized carbons (Fsp3) is 0.927. The summed E-state index contributed by atoms with van der Waals surface area (Å²) in [5.74, 6) is 6.69. The van der Waals surface area contributed by atoms with Gasteiger partial charge in [0.1, 0.15) is 0 Å². The van der Waals surface area contributed by atoms with E-state index in [4.69, 9.17) is 11.5 Å². The molecule has 4 nitrogen and oxygen atoms in total. The van der Waals surface area contributed by atoms with Crippen LogP contribution in [-0.4, -0.2) is 48.0 Å². The summed E-state index contributed by atoms with van der Waals surface area (Å²) in [5, 5.41) is 0.704. The Hall–Kier alpha value is 0.410. The van der Waals surface area contributed by atoms with E-state index in [0.717, 1.165) is 80.2 Å². The number of amides is 1. The minimum atomic E-state index is 0. The Kier molecular flexibility index (Phi) is 21.0. The lowest BCUT2D eigenvalue weighted by Gasteiger charge is -2.58. The third kappa shape index (κ3) is 12.2. The van der Waals surface area contributed by atoms with Gasteiger partial charge in [0.15, 0.2) is 0 Å². The monoisotopic (exact) mass is 761 g/mol. The van der Waals surface area contributed by atoms with Gasteiger partial charge in [0.05, 0.1) is 0 Å². The first-order valence-electron chi connectivity index (χ1n) is 20.3. The maximum atomic E-state index is 13.1. The van der Waals surface area contributed by atoms with Gasteiger partial charge in [0, 0.05) is 30.5 Å². The van der Waals surface area contributed by atoms with Gasteiger partial charge in [-0.2, -0.15) is 0 Å². The summed E-state index contributed by atoms with van der Waals surface area (Å²) in [6.07, 6.45) is 27.0. The SMILES string of the molecule is CC(C)CCCC(C)[C@H]1CC[C@H]2[C@@H]3CC=C4C[C@@H](SSCCC(=O)N(CCCN)CCCCCCCCN)CC[C@]4(C)[C@H]3CC[C@]12C.Cl.Cl.